The minimum atomic E-state index is 0.845. The Labute approximate surface area is 121 Å². The van der Waals surface area contributed by atoms with Gasteiger partial charge in [-0.3, -0.25) is 0 Å². The minimum Gasteiger partial charge on any atom is -0.373 e. The van der Waals surface area contributed by atoms with Crippen molar-refractivity contribution in [1.29, 1.82) is 0 Å². The van der Waals surface area contributed by atoms with E-state index < -0.39 is 0 Å². The zero-order valence-electron chi connectivity index (χ0n) is 11.3. The van der Waals surface area contributed by atoms with Gasteiger partial charge in [-0.1, -0.05) is 28.9 Å². The van der Waals surface area contributed by atoms with Gasteiger partial charge in [-0.15, -0.1) is 0 Å². The van der Waals surface area contributed by atoms with Crippen LogP contribution in [-0.4, -0.2) is 17.0 Å². The Morgan fingerprint density at radius 3 is 2.58 bits per heavy atom. The molecular weight excluding hydrogens is 304 g/mol. The summed E-state index contributed by atoms with van der Waals surface area (Å²) in [6.45, 7) is 4.16. The molecule has 1 heterocycles. The number of anilines is 3. The molecule has 19 heavy (non-hydrogen) atoms. The molecule has 0 unspecified atom stereocenters. The topological polar surface area (TPSA) is 49.8 Å². The molecule has 0 aliphatic carbocycles. The first-order valence-corrected chi connectivity index (χ1v) is 6.99. The summed E-state index contributed by atoms with van der Waals surface area (Å²) in [5, 5.41) is 6.44. The monoisotopic (exact) mass is 320 g/mol. The number of nitrogens with zero attached hydrogens (tertiary/aromatic N) is 2. The van der Waals surface area contributed by atoms with Gasteiger partial charge in [0.25, 0.3) is 0 Å². The molecule has 0 aliphatic rings. The predicted octanol–water partition coefficient (Wildman–Crippen LogP) is 3.90. The van der Waals surface area contributed by atoms with Crippen molar-refractivity contribution in [1.82, 2.24) is 9.97 Å². The van der Waals surface area contributed by atoms with Crippen molar-refractivity contribution in [3.63, 3.8) is 0 Å². The van der Waals surface area contributed by atoms with Crippen LogP contribution < -0.4 is 10.6 Å². The van der Waals surface area contributed by atoms with Crippen LogP contribution in [0.3, 0.4) is 0 Å². The molecule has 0 saturated carbocycles. The zero-order chi connectivity index (χ0) is 13.8. The lowest BCUT2D eigenvalue weighted by atomic mass is 10.2. The van der Waals surface area contributed by atoms with Gasteiger partial charge in [0.05, 0.1) is 0 Å². The SMILES string of the molecule is CCc1c(NC)ncnc1Nc1ccc(C)c(Br)c1. The van der Waals surface area contributed by atoms with E-state index in [4.69, 9.17) is 0 Å². The van der Waals surface area contributed by atoms with E-state index in [9.17, 15) is 0 Å². The second-order valence-electron chi connectivity index (χ2n) is 4.24. The van der Waals surface area contributed by atoms with Crippen molar-refractivity contribution in [2.24, 2.45) is 0 Å². The van der Waals surface area contributed by atoms with Gasteiger partial charge in [-0.25, -0.2) is 9.97 Å². The molecule has 0 atom stereocenters. The Bertz CT molecular complexity index is 584. The molecule has 2 rings (SSSR count). The van der Waals surface area contributed by atoms with E-state index in [0.717, 1.165) is 33.8 Å². The van der Waals surface area contributed by atoms with E-state index in [1.54, 1.807) is 6.33 Å². The first kappa shape index (κ1) is 13.8. The first-order chi connectivity index (χ1) is 9.15. The Morgan fingerprint density at radius 1 is 1.21 bits per heavy atom. The molecule has 0 fully saturated rings. The van der Waals surface area contributed by atoms with Crippen LogP contribution in [0.1, 0.15) is 18.1 Å². The number of rotatable bonds is 4. The summed E-state index contributed by atoms with van der Waals surface area (Å²) in [6.07, 6.45) is 2.43. The van der Waals surface area contributed by atoms with Crippen LogP contribution in [0.15, 0.2) is 29.0 Å². The lowest BCUT2D eigenvalue weighted by molar-refractivity contribution is 1.05. The highest BCUT2D eigenvalue weighted by Gasteiger charge is 2.09. The maximum Gasteiger partial charge on any atom is 0.139 e. The molecule has 100 valence electrons. The Kier molecular flexibility index (Phi) is 4.37. The normalized spacial score (nSPS) is 10.3. The number of halogens is 1. The van der Waals surface area contributed by atoms with Gasteiger partial charge < -0.3 is 10.6 Å². The summed E-state index contributed by atoms with van der Waals surface area (Å²) in [5.74, 6) is 1.71. The van der Waals surface area contributed by atoms with E-state index in [1.807, 2.05) is 13.1 Å². The predicted molar refractivity (Wildman–Crippen MR) is 83.1 cm³/mol. The van der Waals surface area contributed by atoms with E-state index in [2.05, 4.69) is 62.5 Å². The first-order valence-electron chi connectivity index (χ1n) is 6.20. The summed E-state index contributed by atoms with van der Waals surface area (Å²) in [5.41, 5.74) is 3.30. The molecular formula is C14H17BrN4. The molecule has 1 aromatic heterocycles. The molecule has 0 aliphatic heterocycles. The van der Waals surface area contributed by atoms with E-state index >= 15 is 0 Å². The Hall–Kier alpha value is -1.62. The average Bonchev–Trinajstić information content (AvgIpc) is 2.42. The van der Waals surface area contributed by atoms with Gasteiger partial charge in [0.2, 0.25) is 0 Å². The van der Waals surface area contributed by atoms with Gasteiger partial charge in [-0.05, 0) is 31.0 Å². The number of benzene rings is 1. The maximum atomic E-state index is 4.33. The van der Waals surface area contributed by atoms with Crippen molar-refractivity contribution in [2.45, 2.75) is 20.3 Å². The standard InChI is InChI=1S/C14H17BrN4/c1-4-11-13(16-3)17-8-18-14(11)19-10-6-5-9(2)12(15)7-10/h5-8H,4H2,1-3H3,(H2,16,17,18,19). The van der Waals surface area contributed by atoms with Gasteiger partial charge in [0, 0.05) is 22.8 Å². The third-order valence-electron chi connectivity index (χ3n) is 2.97. The van der Waals surface area contributed by atoms with Crippen molar-refractivity contribution >= 4 is 33.3 Å². The third-order valence-corrected chi connectivity index (χ3v) is 3.82. The molecule has 1 aromatic carbocycles. The van der Waals surface area contributed by atoms with Crippen LogP contribution in [0.4, 0.5) is 17.3 Å². The van der Waals surface area contributed by atoms with Crippen molar-refractivity contribution < 1.29 is 0 Å². The average molecular weight is 321 g/mol. The van der Waals surface area contributed by atoms with Crippen LogP contribution in [0.25, 0.3) is 0 Å². The minimum absolute atomic E-state index is 0.845. The molecule has 0 bridgehead atoms. The number of hydrogen-bond donors (Lipinski definition) is 2. The number of nitrogens with one attached hydrogen (secondary N) is 2. The van der Waals surface area contributed by atoms with Gasteiger partial charge in [0.15, 0.2) is 0 Å². The van der Waals surface area contributed by atoms with E-state index in [0.29, 0.717) is 0 Å². The fourth-order valence-corrected chi connectivity index (χ4v) is 2.26. The van der Waals surface area contributed by atoms with E-state index in [1.165, 1.54) is 5.56 Å². The highest BCUT2D eigenvalue weighted by atomic mass is 79.9. The largest absolute Gasteiger partial charge is 0.373 e. The summed E-state index contributed by atoms with van der Waals surface area (Å²) in [4.78, 5) is 8.56. The van der Waals surface area contributed by atoms with Gasteiger partial charge in [0.1, 0.15) is 18.0 Å². The summed E-state index contributed by atoms with van der Waals surface area (Å²) < 4.78 is 1.08. The molecule has 0 saturated heterocycles. The summed E-state index contributed by atoms with van der Waals surface area (Å²) in [7, 11) is 1.87. The van der Waals surface area contributed by atoms with Crippen LogP contribution in [0.2, 0.25) is 0 Å². The van der Waals surface area contributed by atoms with Crippen molar-refractivity contribution in [3.05, 3.63) is 40.1 Å². The zero-order valence-corrected chi connectivity index (χ0v) is 12.9. The molecule has 2 N–H and O–H groups in total. The lowest BCUT2D eigenvalue weighted by Gasteiger charge is -2.13. The highest BCUT2D eigenvalue weighted by Crippen LogP contribution is 2.26. The van der Waals surface area contributed by atoms with Gasteiger partial charge >= 0.3 is 0 Å². The molecule has 2 aromatic rings. The van der Waals surface area contributed by atoms with Crippen LogP contribution in [0, 0.1) is 6.92 Å². The second-order valence-corrected chi connectivity index (χ2v) is 5.10. The van der Waals surface area contributed by atoms with Crippen LogP contribution in [0.5, 0.6) is 0 Å². The Morgan fingerprint density at radius 2 is 1.95 bits per heavy atom. The lowest BCUT2D eigenvalue weighted by Crippen LogP contribution is -2.04. The number of aromatic nitrogens is 2. The van der Waals surface area contributed by atoms with E-state index in [-0.39, 0.29) is 0 Å². The molecule has 0 amide bonds. The Balaban J connectivity index is 2.35. The maximum absolute atomic E-state index is 4.33. The summed E-state index contributed by atoms with van der Waals surface area (Å²) in [6, 6.07) is 6.16. The fraction of sp³-hybridized carbons (Fsp3) is 0.286. The van der Waals surface area contributed by atoms with Crippen LogP contribution >= 0.6 is 15.9 Å². The second kappa shape index (κ2) is 6.02. The van der Waals surface area contributed by atoms with Crippen LogP contribution in [-0.2, 0) is 6.42 Å². The number of hydrogen-bond acceptors (Lipinski definition) is 4. The van der Waals surface area contributed by atoms with Crippen molar-refractivity contribution in [3.8, 4) is 0 Å². The number of aryl methyl sites for hydroxylation is 1. The summed E-state index contributed by atoms with van der Waals surface area (Å²) >= 11 is 3.54. The highest BCUT2D eigenvalue weighted by molar-refractivity contribution is 9.10. The fourth-order valence-electron chi connectivity index (χ4n) is 1.88. The smallest absolute Gasteiger partial charge is 0.139 e. The quantitative estimate of drug-likeness (QED) is 0.897. The van der Waals surface area contributed by atoms with Crippen molar-refractivity contribution in [2.75, 3.05) is 17.7 Å². The third kappa shape index (κ3) is 3.04. The molecule has 0 radical (unpaired) electrons. The molecule has 0 spiro atoms. The molecule has 4 nitrogen and oxygen atoms in total. The van der Waals surface area contributed by atoms with Gasteiger partial charge in [-0.2, -0.15) is 0 Å². The molecule has 5 heteroatoms.